The van der Waals surface area contributed by atoms with Crippen LogP contribution in [0.3, 0.4) is 0 Å². The Bertz CT molecular complexity index is 1160. The van der Waals surface area contributed by atoms with E-state index in [4.69, 9.17) is 9.84 Å². The highest BCUT2D eigenvalue weighted by atomic mass is 16.7. The molecule has 0 spiro atoms. The van der Waals surface area contributed by atoms with Crippen LogP contribution in [0.25, 0.3) is 22.0 Å². The van der Waals surface area contributed by atoms with E-state index in [0.29, 0.717) is 5.39 Å². The molecule has 2 aromatic heterocycles. The topological polar surface area (TPSA) is 93.4 Å². The van der Waals surface area contributed by atoms with Gasteiger partial charge in [0.25, 0.3) is 0 Å². The molecule has 1 aliphatic carbocycles. The van der Waals surface area contributed by atoms with Gasteiger partial charge in [0.1, 0.15) is 5.82 Å². The first-order chi connectivity index (χ1) is 13.4. The lowest BCUT2D eigenvalue weighted by Gasteiger charge is -2.17. The highest BCUT2D eigenvalue weighted by Gasteiger charge is 2.27. The number of benzene rings is 1. The highest BCUT2D eigenvalue weighted by molar-refractivity contribution is 5.90. The Balaban J connectivity index is 1.96. The molecule has 0 atom stereocenters. The number of hydrogen-bond donors (Lipinski definition) is 2. The Morgan fingerprint density at radius 1 is 1.32 bits per heavy atom. The van der Waals surface area contributed by atoms with Gasteiger partial charge in [-0.3, -0.25) is 4.79 Å². The fourth-order valence-electron chi connectivity index (χ4n) is 3.70. The Morgan fingerprint density at radius 2 is 2.07 bits per heavy atom. The van der Waals surface area contributed by atoms with Crippen molar-refractivity contribution in [2.45, 2.75) is 32.7 Å². The lowest BCUT2D eigenvalue weighted by molar-refractivity contribution is 0.143. The van der Waals surface area contributed by atoms with Crippen LogP contribution in [0.1, 0.15) is 30.0 Å². The molecule has 2 heterocycles. The number of anilines is 1. The number of carboxylic acid groups (broad SMARTS) is 1. The van der Waals surface area contributed by atoms with Crippen molar-refractivity contribution in [3.8, 4) is 16.9 Å². The van der Waals surface area contributed by atoms with Gasteiger partial charge in [-0.25, -0.2) is 9.78 Å². The molecule has 7 nitrogen and oxygen atoms in total. The molecule has 7 heteroatoms. The summed E-state index contributed by atoms with van der Waals surface area (Å²) in [5, 5.41) is 12.5. The van der Waals surface area contributed by atoms with E-state index in [0.717, 1.165) is 46.4 Å². The number of fused-ring (bicyclic) bond motifs is 1. The summed E-state index contributed by atoms with van der Waals surface area (Å²) in [6.45, 7) is 3.98. The van der Waals surface area contributed by atoms with Crippen LogP contribution in [0.15, 0.2) is 35.4 Å². The lowest BCUT2D eigenvalue weighted by atomic mass is 9.97. The highest BCUT2D eigenvalue weighted by Crippen LogP contribution is 2.40. The smallest absolute Gasteiger partial charge is 0.449 e. The summed E-state index contributed by atoms with van der Waals surface area (Å²) in [4.78, 5) is 28.2. The molecule has 28 heavy (non-hydrogen) atoms. The number of hydrogen-bond acceptors (Lipinski definition) is 5. The van der Waals surface area contributed by atoms with Gasteiger partial charge >= 0.3 is 6.16 Å². The molecular weight excluding hydrogens is 358 g/mol. The first-order valence-electron chi connectivity index (χ1n) is 9.14. The first kappa shape index (κ1) is 18.0. The quantitative estimate of drug-likeness (QED) is 0.663. The van der Waals surface area contributed by atoms with E-state index in [1.807, 2.05) is 37.7 Å². The van der Waals surface area contributed by atoms with E-state index in [1.165, 1.54) is 6.20 Å². The number of nitrogens with zero attached hydrogens (tertiary/aromatic N) is 2. The van der Waals surface area contributed by atoms with E-state index >= 15 is 0 Å². The van der Waals surface area contributed by atoms with E-state index in [-0.39, 0.29) is 11.8 Å². The summed E-state index contributed by atoms with van der Waals surface area (Å²) in [7, 11) is 1.83. The SMILES string of the molecule is CNc1ncc(-c2ccc3c(=O)c(OC(=O)O)cn(C4CC4)c3c2C)cc1C. The third kappa shape index (κ3) is 2.98. The molecule has 0 aliphatic heterocycles. The maximum absolute atomic E-state index is 12.8. The summed E-state index contributed by atoms with van der Waals surface area (Å²) in [6.07, 6.45) is 3.84. The molecule has 1 fully saturated rings. The molecule has 0 radical (unpaired) electrons. The van der Waals surface area contributed by atoms with Gasteiger partial charge in [0.15, 0.2) is 5.75 Å². The number of carbonyl (C=O) groups is 1. The Hall–Kier alpha value is -3.35. The number of aryl methyl sites for hydroxylation is 2. The monoisotopic (exact) mass is 379 g/mol. The van der Waals surface area contributed by atoms with Crippen molar-refractivity contribution in [2.24, 2.45) is 0 Å². The maximum atomic E-state index is 12.8. The average Bonchev–Trinajstić information content (AvgIpc) is 3.49. The van der Waals surface area contributed by atoms with Crippen molar-refractivity contribution >= 4 is 22.9 Å². The minimum atomic E-state index is -1.49. The van der Waals surface area contributed by atoms with Crippen LogP contribution in [0.4, 0.5) is 10.6 Å². The van der Waals surface area contributed by atoms with Crippen LogP contribution < -0.4 is 15.5 Å². The fraction of sp³-hybridized carbons (Fsp3) is 0.286. The Labute approximate surface area is 161 Å². The van der Waals surface area contributed by atoms with Crippen molar-refractivity contribution in [1.29, 1.82) is 0 Å². The van der Waals surface area contributed by atoms with Crippen molar-refractivity contribution in [2.75, 3.05) is 12.4 Å². The third-order valence-electron chi connectivity index (χ3n) is 5.18. The number of pyridine rings is 2. The van der Waals surface area contributed by atoms with Crippen LogP contribution in [-0.4, -0.2) is 27.9 Å². The second kappa shape index (κ2) is 6.67. The van der Waals surface area contributed by atoms with Crippen molar-refractivity contribution in [1.82, 2.24) is 9.55 Å². The molecule has 0 bridgehead atoms. The van der Waals surface area contributed by atoms with Gasteiger partial charge in [-0.2, -0.15) is 0 Å². The molecular formula is C21H21N3O4. The zero-order valence-corrected chi connectivity index (χ0v) is 15.9. The second-order valence-electron chi connectivity index (χ2n) is 7.10. The number of nitrogens with one attached hydrogen (secondary N) is 1. The van der Waals surface area contributed by atoms with Gasteiger partial charge in [0, 0.05) is 30.2 Å². The predicted molar refractivity (Wildman–Crippen MR) is 107 cm³/mol. The van der Waals surface area contributed by atoms with Gasteiger partial charge < -0.3 is 19.7 Å². The average molecular weight is 379 g/mol. The van der Waals surface area contributed by atoms with Gasteiger partial charge in [0.05, 0.1) is 11.7 Å². The van der Waals surface area contributed by atoms with E-state index in [2.05, 4.69) is 16.4 Å². The van der Waals surface area contributed by atoms with Crippen LogP contribution in [0, 0.1) is 13.8 Å². The molecule has 0 saturated heterocycles. The summed E-state index contributed by atoms with van der Waals surface area (Å²) in [5.41, 5.74) is 4.36. The normalized spacial score (nSPS) is 13.5. The van der Waals surface area contributed by atoms with Gasteiger partial charge in [-0.15, -0.1) is 0 Å². The van der Waals surface area contributed by atoms with Gasteiger partial charge in [-0.05, 0) is 55.5 Å². The van der Waals surface area contributed by atoms with Crippen LogP contribution in [-0.2, 0) is 0 Å². The molecule has 2 N–H and O–H groups in total. The standard InChI is InChI=1S/C21H21N3O4/c1-11-8-13(9-23-20(11)22-3)15-6-7-16-18(12(15)2)24(14-4-5-14)10-17(19(16)25)28-21(26)27/h6-10,14H,4-5H2,1-3H3,(H,22,23)(H,26,27). The van der Waals surface area contributed by atoms with Crippen molar-refractivity contribution < 1.29 is 14.6 Å². The van der Waals surface area contributed by atoms with Crippen LogP contribution in [0.5, 0.6) is 5.75 Å². The van der Waals surface area contributed by atoms with E-state index < -0.39 is 11.6 Å². The van der Waals surface area contributed by atoms with Crippen LogP contribution >= 0.6 is 0 Å². The second-order valence-corrected chi connectivity index (χ2v) is 7.10. The molecule has 1 aliphatic rings. The maximum Gasteiger partial charge on any atom is 0.511 e. The Kier molecular flexibility index (Phi) is 4.30. The molecule has 0 amide bonds. The summed E-state index contributed by atoms with van der Waals surface area (Å²) in [6, 6.07) is 5.94. The summed E-state index contributed by atoms with van der Waals surface area (Å²) >= 11 is 0. The van der Waals surface area contributed by atoms with Crippen molar-refractivity contribution in [3.05, 3.63) is 51.9 Å². The first-order valence-corrected chi connectivity index (χ1v) is 9.14. The minimum absolute atomic E-state index is 0.157. The van der Waals surface area contributed by atoms with Gasteiger partial charge in [0.2, 0.25) is 5.43 Å². The summed E-state index contributed by atoms with van der Waals surface area (Å²) < 4.78 is 6.72. The lowest BCUT2D eigenvalue weighted by Crippen LogP contribution is -2.16. The summed E-state index contributed by atoms with van der Waals surface area (Å²) in [5.74, 6) is 0.669. The van der Waals surface area contributed by atoms with E-state index in [1.54, 1.807) is 6.07 Å². The molecule has 1 saturated carbocycles. The Morgan fingerprint density at radius 3 is 2.68 bits per heavy atom. The number of rotatable bonds is 4. The molecule has 1 aromatic carbocycles. The molecule has 144 valence electrons. The number of aromatic nitrogens is 2. The predicted octanol–water partition coefficient (Wildman–Crippen LogP) is 4.11. The minimum Gasteiger partial charge on any atom is -0.449 e. The van der Waals surface area contributed by atoms with Gasteiger partial charge in [-0.1, -0.05) is 6.07 Å². The largest absolute Gasteiger partial charge is 0.511 e. The molecule has 4 rings (SSSR count). The van der Waals surface area contributed by atoms with Crippen LogP contribution in [0.2, 0.25) is 0 Å². The zero-order valence-electron chi connectivity index (χ0n) is 15.9. The fourth-order valence-corrected chi connectivity index (χ4v) is 3.70. The zero-order chi connectivity index (χ0) is 20.0. The third-order valence-corrected chi connectivity index (χ3v) is 5.18. The van der Waals surface area contributed by atoms with Crippen molar-refractivity contribution in [3.63, 3.8) is 0 Å². The van der Waals surface area contributed by atoms with E-state index in [9.17, 15) is 9.59 Å². The molecule has 3 aromatic rings. The number of ether oxygens (including phenoxy) is 1. The molecule has 0 unspecified atom stereocenters.